The maximum atomic E-state index is 5.25. The van der Waals surface area contributed by atoms with Gasteiger partial charge in [0.05, 0.1) is 7.11 Å². The zero-order chi connectivity index (χ0) is 13.8. The first-order valence-electron chi connectivity index (χ1n) is 6.41. The summed E-state index contributed by atoms with van der Waals surface area (Å²) >= 11 is 3.52. The number of nitrogens with zero attached hydrogens (tertiary/aromatic N) is 1. The molecule has 2 rings (SSSR count). The normalized spacial score (nSPS) is 14.1. The minimum atomic E-state index is 0.361. The van der Waals surface area contributed by atoms with E-state index < -0.39 is 0 Å². The van der Waals surface area contributed by atoms with E-state index in [-0.39, 0.29) is 0 Å². The third-order valence-corrected chi connectivity index (χ3v) is 4.45. The molecule has 4 heteroatoms. The fourth-order valence-electron chi connectivity index (χ4n) is 1.89. The first-order chi connectivity index (χ1) is 9.15. The van der Waals surface area contributed by atoms with Gasteiger partial charge in [0.2, 0.25) is 0 Å². The van der Waals surface area contributed by atoms with Crippen molar-refractivity contribution in [2.75, 3.05) is 17.8 Å². The highest BCUT2D eigenvalue weighted by Crippen LogP contribution is 2.26. The van der Waals surface area contributed by atoms with Gasteiger partial charge in [-0.15, -0.1) is 0 Å². The quantitative estimate of drug-likeness (QED) is 0.842. The molecule has 102 valence electrons. The summed E-state index contributed by atoms with van der Waals surface area (Å²) in [5, 5.41) is 6.72. The summed E-state index contributed by atoms with van der Waals surface area (Å²) in [6.07, 6.45) is 1.83. The molecule has 1 N–H and O–H groups in total. The van der Waals surface area contributed by atoms with Crippen molar-refractivity contribution in [1.82, 2.24) is 4.98 Å². The molecule has 0 spiro atoms. The third-order valence-electron chi connectivity index (χ3n) is 3.43. The Morgan fingerprint density at radius 3 is 2.79 bits per heavy atom. The molecule has 0 radical (unpaired) electrons. The Bertz CT molecular complexity index is 559. The van der Waals surface area contributed by atoms with E-state index >= 15 is 0 Å². The molecule has 0 aliphatic rings. The van der Waals surface area contributed by atoms with E-state index in [2.05, 4.69) is 46.1 Å². The highest BCUT2D eigenvalue weighted by molar-refractivity contribution is 9.09. The molecule has 0 saturated heterocycles. The molecule has 0 aliphatic heterocycles. The van der Waals surface area contributed by atoms with Crippen molar-refractivity contribution in [3.63, 3.8) is 0 Å². The number of ether oxygens (including phenoxy) is 1. The minimum absolute atomic E-state index is 0.361. The van der Waals surface area contributed by atoms with Gasteiger partial charge in [0.15, 0.2) is 0 Å². The van der Waals surface area contributed by atoms with Crippen molar-refractivity contribution in [1.29, 1.82) is 0 Å². The largest absolute Gasteiger partial charge is 0.497 e. The smallest absolute Gasteiger partial charge is 0.134 e. The van der Waals surface area contributed by atoms with Gasteiger partial charge in [0, 0.05) is 23.0 Å². The van der Waals surface area contributed by atoms with Crippen molar-refractivity contribution in [2.45, 2.75) is 19.9 Å². The van der Waals surface area contributed by atoms with Crippen LogP contribution in [0.4, 0.5) is 5.82 Å². The van der Waals surface area contributed by atoms with Crippen LogP contribution in [0.5, 0.6) is 5.75 Å². The maximum absolute atomic E-state index is 5.25. The summed E-state index contributed by atoms with van der Waals surface area (Å²) in [5.74, 6) is 2.34. The first kappa shape index (κ1) is 14.1. The Labute approximate surface area is 122 Å². The number of hydrogen-bond donors (Lipinski definition) is 1. The fourth-order valence-corrected chi connectivity index (χ4v) is 2.45. The number of halogens is 1. The molecule has 2 unspecified atom stereocenters. The number of aromatic nitrogens is 1. The van der Waals surface area contributed by atoms with E-state index in [9.17, 15) is 0 Å². The number of methoxy groups -OCH3 is 1. The van der Waals surface area contributed by atoms with E-state index in [0.717, 1.165) is 27.7 Å². The van der Waals surface area contributed by atoms with Gasteiger partial charge >= 0.3 is 0 Å². The van der Waals surface area contributed by atoms with Crippen LogP contribution < -0.4 is 10.1 Å². The van der Waals surface area contributed by atoms with E-state index in [0.29, 0.717) is 12.0 Å². The summed E-state index contributed by atoms with van der Waals surface area (Å²) in [7, 11) is 1.68. The summed E-state index contributed by atoms with van der Waals surface area (Å²) in [6, 6.07) is 8.41. The number of anilines is 1. The predicted molar refractivity (Wildman–Crippen MR) is 84.3 cm³/mol. The van der Waals surface area contributed by atoms with E-state index in [4.69, 9.17) is 4.74 Å². The Balaban J connectivity index is 2.33. The number of hydrogen-bond acceptors (Lipinski definition) is 3. The Hall–Kier alpha value is -1.29. The zero-order valence-electron chi connectivity index (χ0n) is 11.5. The molecular formula is C15H19BrN2O. The predicted octanol–water partition coefficient (Wildman–Crippen LogP) is 4.07. The molecule has 0 bridgehead atoms. The van der Waals surface area contributed by atoms with Gasteiger partial charge in [-0.25, -0.2) is 4.98 Å². The lowest BCUT2D eigenvalue weighted by Gasteiger charge is -2.20. The molecule has 2 aromatic rings. The van der Waals surface area contributed by atoms with Gasteiger partial charge in [-0.05, 0) is 42.5 Å². The van der Waals surface area contributed by atoms with Crippen molar-refractivity contribution in [3.8, 4) is 5.75 Å². The summed E-state index contributed by atoms with van der Waals surface area (Å²) in [5.41, 5.74) is 0. The second kappa shape index (κ2) is 6.24. The maximum Gasteiger partial charge on any atom is 0.134 e. The SMILES string of the molecule is COc1ccc2c(NC(C)C(C)CBr)nccc2c1. The van der Waals surface area contributed by atoms with Crippen molar-refractivity contribution < 1.29 is 4.74 Å². The van der Waals surface area contributed by atoms with Gasteiger partial charge in [-0.1, -0.05) is 22.9 Å². The topological polar surface area (TPSA) is 34.1 Å². The van der Waals surface area contributed by atoms with Crippen LogP contribution in [0, 0.1) is 5.92 Å². The Morgan fingerprint density at radius 2 is 2.11 bits per heavy atom. The van der Waals surface area contributed by atoms with Gasteiger partial charge in [-0.3, -0.25) is 0 Å². The second-order valence-corrected chi connectivity index (χ2v) is 5.46. The summed E-state index contributed by atoms with van der Waals surface area (Å²) in [4.78, 5) is 4.45. The second-order valence-electron chi connectivity index (χ2n) is 4.81. The third kappa shape index (κ3) is 3.18. The number of pyridine rings is 1. The van der Waals surface area contributed by atoms with Gasteiger partial charge in [-0.2, -0.15) is 0 Å². The number of fused-ring (bicyclic) bond motifs is 1. The highest BCUT2D eigenvalue weighted by atomic mass is 79.9. The molecule has 0 fully saturated rings. The standard InChI is InChI=1S/C15H19BrN2O/c1-10(9-16)11(2)18-15-14-5-4-13(19-3)8-12(14)6-7-17-15/h4-8,10-11H,9H2,1-3H3,(H,17,18). The molecule has 0 aliphatic carbocycles. The fraction of sp³-hybridized carbons (Fsp3) is 0.400. The molecule has 1 aromatic carbocycles. The van der Waals surface area contributed by atoms with Crippen molar-refractivity contribution in [2.24, 2.45) is 5.92 Å². The lowest BCUT2D eigenvalue weighted by Crippen LogP contribution is -2.25. The van der Waals surface area contributed by atoms with Gasteiger partial charge in [0.1, 0.15) is 11.6 Å². The average molecular weight is 323 g/mol. The monoisotopic (exact) mass is 322 g/mol. The van der Waals surface area contributed by atoms with Crippen LogP contribution in [0.1, 0.15) is 13.8 Å². The van der Waals surface area contributed by atoms with Crippen molar-refractivity contribution in [3.05, 3.63) is 30.5 Å². The van der Waals surface area contributed by atoms with Gasteiger partial charge in [0.25, 0.3) is 0 Å². The van der Waals surface area contributed by atoms with E-state index in [1.54, 1.807) is 7.11 Å². The van der Waals surface area contributed by atoms with Gasteiger partial charge < -0.3 is 10.1 Å². The van der Waals surface area contributed by atoms with Crippen LogP contribution in [0.25, 0.3) is 10.8 Å². The van der Waals surface area contributed by atoms with Crippen LogP contribution in [0.3, 0.4) is 0 Å². The summed E-state index contributed by atoms with van der Waals surface area (Å²) < 4.78 is 5.25. The van der Waals surface area contributed by atoms with Crippen LogP contribution in [0.15, 0.2) is 30.5 Å². The lowest BCUT2D eigenvalue weighted by atomic mass is 10.1. The Kier molecular flexibility index (Phi) is 4.64. The molecule has 2 atom stereocenters. The molecule has 1 aromatic heterocycles. The van der Waals surface area contributed by atoms with Crippen LogP contribution in [-0.4, -0.2) is 23.5 Å². The molecule has 0 saturated carbocycles. The number of nitrogens with one attached hydrogen (secondary N) is 1. The molecule has 0 amide bonds. The number of alkyl halides is 1. The summed E-state index contributed by atoms with van der Waals surface area (Å²) in [6.45, 7) is 4.39. The van der Waals surface area contributed by atoms with E-state index in [1.807, 2.05) is 24.4 Å². The van der Waals surface area contributed by atoms with Crippen LogP contribution in [-0.2, 0) is 0 Å². The number of benzene rings is 1. The average Bonchev–Trinajstić information content (AvgIpc) is 2.45. The minimum Gasteiger partial charge on any atom is -0.497 e. The highest BCUT2D eigenvalue weighted by Gasteiger charge is 2.12. The zero-order valence-corrected chi connectivity index (χ0v) is 13.1. The first-order valence-corrected chi connectivity index (χ1v) is 7.53. The Morgan fingerprint density at radius 1 is 1.32 bits per heavy atom. The molecule has 19 heavy (non-hydrogen) atoms. The molecule has 3 nitrogen and oxygen atoms in total. The van der Waals surface area contributed by atoms with E-state index in [1.165, 1.54) is 0 Å². The van der Waals surface area contributed by atoms with Crippen LogP contribution >= 0.6 is 15.9 Å². The number of rotatable bonds is 5. The lowest BCUT2D eigenvalue weighted by molar-refractivity contribution is 0.415. The molecular weight excluding hydrogens is 304 g/mol. The van der Waals surface area contributed by atoms with Crippen molar-refractivity contribution >= 4 is 32.5 Å². The molecule has 1 heterocycles. The van der Waals surface area contributed by atoms with Crippen LogP contribution in [0.2, 0.25) is 0 Å².